The molecule has 3 rings (SSSR count). The highest BCUT2D eigenvalue weighted by Gasteiger charge is 2.18. The maximum Gasteiger partial charge on any atom is 0.338 e. The molecule has 0 saturated heterocycles. The van der Waals surface area contributed by atoms with Crippen molar-refractivity contribution < 1.29 is 14.3 Å². The number of carbonyl (C=O) groups is 2. The molecule has 9 heteroatoms. The number of methoxy groups -OCH3 is 1. The zero-order valence-corrected chi connectivity index (χ0v) is 18.4. The largest absolute Gasteiger partial charge is 0.465 e. The molecule has 8 nitrogen and oxygen atoms in total. The van der Waals surface area contributed by atoms with Crippen molar-refractivity contribution in [2.75, 3.05) is 12.9 Å². The highest BCUT2D eigenvalue weighted by atomic mass is 32.2. The maximum atomic E-state index is 12.6. The maximum absolute atomic E-state index is 12.6. The molecule has 0 bridgehead atoms. The van der Waals surface area contributed by atoms with E-state index in [4.69, 9.17) is 4.74 Å². The molecule has 0 spiro atoms. The zero-order valence-electron chi connectivity index (χ0n) is 17.6. The first-order valence-corrected chi connectivity index (χ1v) is 10.9. The molecule has 1 unspecified atom stereocenters. The van der Waals surface area contributed by atoms with Gasteiger partial charge in [0.25, 0.3) is 5.56 Å². The number of aryl methyl sites for hydroxylation is 1. The Morgan fingerprint density at radius 3 is 2.65 bits per heavy atom. The molecular formula is C22H24N4O4S. The highest BCUT2D eigenvalue weighted by Crippen LogP contribution is 2.20. The summed E-state index contributed by atoms with van der Waals surface area (Å²) in [6, 6.07) is 11.2. The molecule has 2 aromatic heterocycles. The van der Waals surface area contributed by atoms with Crippen LogP contribution in [0, 0.1) is 6.92 Å². The monoisotopic (exact) mass is 440 g/mol. The predicted molar refractivity (Wildman–Crippen MR) is 119 cm³/mol. The van der Waals surface area contributed by atoms with Crippen LogP contribution >= 0.6 is 11.8 Å². The smallest absolute Gasteiger partial charge is 0.338 e. The first-order valence-electron chi connectivity index (χ1n) is 9.90. The van der Waals surface area contributed by atoms with Crippen molar-refractivity contribution in [3.8, 4) is 0 Å². The van der Waals surface area contributed by atoms with Crippen LogP contribution in [0.2, 0.25) is 0 Å². The molecule has 1 atom stereocenters. The molecule has 3 aromatic rings. The Hall–Kier alpha value is -3.20. The standard InChI is InChI=1S/C22H24N4O4S/c1-4-8-16(14-9-6-5-7-10-14)24-17(27)12-31-22-25-19-18(20(28)26-22)15(21(29)30-3)11-13(2)23-19/h5-7,9-11,16H,4,8,12H2,1-3H3,(H,24,27)(H,23,25,26,28). The van der Waals surface area contributed by atoms with E-state index in [2.05, 4.69) is 27.2 Å². The molecule has 31 heavy (non-hydrogen) atoms. The number of benzene rings is 1. The van der Waals surface area contributed by atoms with Crippen LogP contribution in [0.25, 0.3) is 11.0 Å². The highest BCUT2D eigenvalue weighted by molar-refractivity contribution is 7.99. The number of thioether (sulfide) groups is 1. The second kappa shape index (κ2) is 10.2. The Morgan fingerprint density at radius 1 is 1.23 bits per heavy atom. The van der Waals surface area contributed by atoms with Crippen molar-refractivity contribution in [2.24, 2.45) is 0 Å². The van der Waals surface area contributed by atoms with E-state index in [1.807, 2.05) is 30.3 Å². The summed E-state index contributed by atoms with van der Waals surface area (Å²) in [5.41, 5.74) is 1.33. The van der Waals surface area contributed by atoms with Gasteiger partial charge in [-0.05, 0) is 25.0 Å². The summed E-state index contributed by atoms with van der Waals surface area (Å²) < 4.78 is 4.75. The quantitative estimate of drug-likeness (QED) is 0.314. The molecule has 2 heterocycles. The number of hydrogen-bond acceptors (Lipinski definition) is 7. The van der Waals surface area contributed by atoms with E-state index in [0.29, 0.717) is 5.69 Å². The Bertz CT molecular complexity index is 1150. The number of H-pyrrole nitrogens is 1. The van der Waals surface area contributed by atoms with Crippen LogP contribution in [-0.2, 0) is 9.53 Å². The van der Waals surface area contributed by atoms with Crippen molar-refractivity contribution in [1.82, 2.24) is 20.3 Å². The number of aromatic nitrogens is 3. The molecule has 0 aliphatic rings. The minimum atomic E-state index is -0.634. The van der Waals surface area contributed by atoms with Crippen LogP contribution in [0.15, 0.2) is 46.3 Å². The summed E-state index contributed by atoms with van der Waals surface area (Å²) in [4.78, 5) is 48.3. The lowest BCUT2D eigenvalue weighted by atomic mass is 10.0. The average Bonchev–Trinajstić information content (AvgIpc) is 2.76. The Balaban J connectivity index is 1.77. The second-order valence-electron chi connectivity index (χ2n) is 6.98. The number of hydrogen-bond donors (Lipinski definition) is 2. The number of pyridine rings is 1. The number of nitrogens with zero attached hydrogens (tertiary/aromatic N) is 2. The number of ether oxygens (including phenoxy) is 1. The third-order valence-electron chi connectivity index (χ3n) is 4.64. The van der Waals surface area contributed by atoms with Gasteiger partial charge in [-0.1, -0.05) is 55.4 Å². The molecule has 0 saturated carbocycles. The number of esters is 1. The molecule has 0 aliphatic carbocycles. The molecule has 162 valence electrons. The normalized spacial score (nSPS) is 11.8. The van der Waals surface area contributed by atoms with E-state index in [1.165, 1.54) is 13.2 Å². The summed E-state index contributed by atoms with van der Waals surface area (Å²) in [5, 5.41) is 3.37. The van der Waals surface area contributed by atoms with Gasteiger partial charge in [0.2, 0.25) is 5.91 Å². The number of nitrogens with one attached hydrogen (secondary N) is 2. The van der Waals surface area contributed by atoms with Crippen LogP contribution in [0.5, 0.6) is 0 Å². The fourth-order valence-electron chi connectivity index (χ4n) is 3.25. The van der Waals surface area contributed by atoms with Crippen molar-refractivity contribution in [2.45, 2.75) is 37.9 Å². The fourth-order valence-corrected chi connectivity index (χ4v) is 3.92. The van der Waals surface area contributed by atoms with Gasteiger partial charge in [-0.2, -0.15) is 0 Å². The van der Waals surface area contributed by atoms with Crippen molar-refractivity contribution >= 4 is 34.7 Å². The zero-order chi connectivity index (χ0) is 22.4. The van der Waals surface area contributed by atoms with E-state index in [-0.39, 0.29) is 39.5 Å². The predicted octanol–water partition coefficient (Wildman–Crippen LogP) is 3.16. The second-order valence-corrected chi connectivity index (χ2v) is 7.94. The van der Waals surface area contributed by atoms with Crippen molar-refractivity contribution in [1.29, 1.82) is 0 Å². The Kier molecular flexibility index (Phi) is 7.41. The summed E-state index contributed by atoms with van der Waals surface area (Å²) in [7, 11) is 1.25. The van der Waals surface area contributed by atoms with E-state index in [9.17, 15) is 14.4 Å². The van der Waals surface area contributed by atoms with E-state index >= 15 is 0 Å². The fraction of sp³-hybridized carbons (Fsp3) is 0.318. The van der Waals surface area contributed by atoms with Crippen LogP contribution in [0.1, 0.15) is 47.4 Å². The van der Waals surface area contributed by atoms with E-state index in [1.54, 1.807) is 6.92 Å². The molecule has 0 radical (unpaired) electrons. The molecule has 1 amide bonds. The van der Waals surface area contributed by atoms with Gasteiger partial charge in [0.1, 0.15) is 0 Å². The molecule has 0 fully saturated rings. The van der Waals surface area contributed by atoms with Gasteiger partial charge in [-0.15, -0.1) is 0 Å². The average molecular weight is 441 g/mol. The van der Waals surface area contributed by atoms with E-state index in [0.717, 1.165) is 30.2 Å². The number of carbonyl (C=O) groups excluding carboxylic acids is 2. The number of amides is 1. The van der Waals surface area contributed by atoms with Gasteiger partial charge in [0.15, 0.2) is 10.8 Å². The number of aromatic amines is 1. The van der Waals surface area contributed by atoms with Crippen LogP contribution < -0.4 is 10.9 Å². The van der Waals surface area contributed by atoms with E-state index < -0.39 is 11.5 Å². The SMILES string of the molecule is CCCC(NC(=O)CSc1nc2nc(C)cc(C(=O)OC)c2c(=O)[nH]1)c1ccccc1. The topological polar surface area (TPSA) is 114 Å². The third kappa shape index (κ3) is 5.49. The lowest BCUT2D eigenvalue weighted by molar-refractivity contribution is -0.119. The van der Waals surface area contributed by atoms with Gasteiger partial charge in [-0.3, -0.25) is 9.59 Å². The summed E-state index contributed by atoms with van der Waals surface area (Å²) >= 11 is 1.10. The summed E-state index contributed by atoms with van der Waals surface area (Å²) in [6.07, 6.45) is 1.76. The third-order valence-corrected chi connectivity index (χ3v) is 5.52. The minimum Gasteiger partial charge on any atom is -0.465 e. The molecule has 2 N–H and O–H groups in total. The first kappa shape index (κ1) is 22.5. The van der Waals surface area contributed by atoms with Crippen molar-refractivity contribution in [3.63, 3.8) is 0 Å². The van der Waals surface area contributed by atoms with Gasteiger partial charge in [-0.25, -0.2) is 14.8 Å². The molecule has 1 aromatic carbocycles. The van der Waals surface area contributed by atoms with Gasteiger partial charge in [0, 0.05) is 5.69 Å². The minimum absolute atomic E-state index is 0.0679. The van der Waals surface area contributed by atoms with Crippen LogP contribution in [0.3, 0.4) is 0 Å². The van der Waals surface area contributed by atoms with Crippen molar-refractivity contribution in [3.05, 3.63) is 63.6 Å². The summed E-state index contributed by atoms with van der Waals surface area (Å²) in [5.74, 6) is -0.718. The molecular weight excluding hydrogens is 416 g/mol. The van der Waals surface area contributed by atoms with Crippen LogP contribution in [0.4, 0.5) is 0 Å². The Morgan fingerprint density at radius 2 is 1.97 bits per heavy atom. The lowest BCUT2D eigenvalue weighted by Gasteiger charge is -2.18. The lowest BCUT2D eigenvalue weighted by Crippen LogP contribution is -2.30. The van der Waals surface area contributed by atoms with Gasteiger partial charge < -0.3 is 15.0 Å². The Labute approximate surface area is 183 Å². The van der Waals surface area contributed by atoms with Gasteiger partial charge >= 0.3 is 5.97 Å². The van der Waals surface area contributed by atoms with Crippen LogP contribution in [-0.4, -0.2) is 39.7 Å². The summed E-state index contributed by atoms with van der Waals surface area (Å²) in [6.45, 7) is 3.77. The first-order chi connectivity index (χ1) is 14.9. The number of fused-ring (bicyclic) bond motifs is 1. The number of rotatable bonds is 8. The van der Waals surface area contributed by atoms with Gasteiger partial charge in [0.05, 0.1) is 29.9 Å². The molecule has 0 aliphatic heterocycles.